The molecule has 2 aromatic carbocycles. The molecule has 3 aromatic rings. The lowest BCUT2D eigenvalue weighted by Crippen LogP contribution is -2.20. The largest absolute Gasteiger partial charge is 0.379 e. The van der Waals surface area contributed by atoms with Crippen LogP contribution >= 0.6 is 12.2 Å². The molecule has 1 heterocycles. The summed E-state index contributed by atoms with van der Waals surface area (Å²) in [6, 6.07) is 10.6. The average molecular weight is 353 g/mol. The zero-order chi connectivity index (χ0) is 18.1. The number of hydrogen-bond acceptors (Lipinski definition) is 3. The number of fused-ring (bicyclic) bond motifs is 1. The van der Waals surface area contributed by atoms with Crippen LogP contribution in [0.3, 0.4) is 0 Å². The summed E-state index contributed by atoms with van der Waals surface area (Å²) in [6.07, 6.45) is 0. The Kier molecular flexibility index (Phi) is 4.77. The number of benzene rings is 2. The second kappa shape index (κ2) is 6.84. The standard InChI is InChI=1S/C20H24N4S/c1-12-7-6-8-13(2)16(12)11-21-17-9-15(20(25)24(4)5)10-18-19(17)23-14(3)22-18/h6-10,21H,11H2,1-5H3,(H,22,23). The molecule has 4 nitrogen and oxygen atoms in total. The van der Waals surface area contributed by atoms with Gasteiger partial charge in [-0.3, -0.25) is 0 Å². The molecule has 0 atom stereocenters. The van der Waals surface area contributed by atoms with Gasteiger partial charge in [0.15, 0.2) is 0 Å². The molecule has 0 aliphatic heterocycles. The summed E-state index contributed by atoms with van der Waals surface area (Å²) >= 11 is 5.56. The minimum Gasteiger partial charge on any atom is -0.379 e. The Morgan fingerprint density at radius 1 is 1.16 bits per heavy atom. The van der Waals surface area contributed by atoms with Gasteiger partial charge in [-0.2, -0.15) is 0 Å². The van der Waals surface area contributed by atoms with Crippen LogP contribution in [0.5, 0.6) is 0 Å². The van der Waals surface area contributed by atoms with Crippen LogP contribution in [0, 0.1) is 20.8 Å². The number of aromatic amines is 1. The van der Waals surface area contributed by atoms with Crippen LogP contribution in [0.2, 0.25) is 0 Å². The van der Waals surface area contributed by atoms with E-state index in [1.165, 1.54) is 16.7 Å². The molecule has 0 fully saturated rings. The number of aromatic nitrogens is 2. The Bertz CT molecular complexity index is 920. The van der Waals surface area contributed by atoms with Gasteiger partial charge < -0.3 is 15.2 Å². The Hall–Kier alpha value is -2.40. The van der Waals surface area contributed by atoms with Gasteiger partial charge in [0.05, 0.1) is 11.2 Å². The summed E-state index contributed by atoms with van der Waals surface area (Å²) < 4.78 is 0. The highest BCUT2D eigenvalue weighted by atomic mass is 32.1. The first-order valence-corrected chi connectivity index (χ1v) is 8.78. The molecule has 5 heteroatoms. The van der Waals surface area contributed by atoms with Crippen LogP contribution in [0.1, 0.15) is 28.1 Å². The van der Waals surface area contributed by atoms with Gasteiger partial charge in [0.2, 0.25) is 0 Å². The molecule has 0 aliphatic rings. The molecule has 130 valence electrons. The van der Waals surface area contributed by atoms with E-state index in [1.807, 2.05) is 25.9 Å². The van der Waals surface area contributed by atoms with E-state index in [0.29, 0.717) is 0 Å². The fraction of sp³-hybridized carbons (Fsp3) is 0.300. The van der Waals surface area contributed by atoms with Crippen molar-refractivity contribution < 1.29 is 0 Å². The Labute approximate surface area is 154 Å². The third-order valence-electron chi connectivity index (χ3n) is 4.46. The lowest BCUT2D eigenvalue weighted by Gasteiger charge is -2.16. The van der Waals surface area contributed by atoms with Crippen LogP contribution in [0.25, 0.3) is 11.0 Å². The topological polar surface area (TPSA) is 44.0 Å². The van der Waals surface area contributed by atoms with E-state index in [-0.39, 0.29) is 0 Å². The third kappa shape index (κ3) is 3.51. The van der Waals surface area contributed by atoms with E-state index in [0.717, 1.165) is 39.6 Å². The van der Waals surface area contributed by atoms with E-state index in [4.69, 9.17) is 12.2 Å². The highest BCUT2D eigenvalue weighted by molar-refractivity contribution is 7.80. The molecule has 1 aromatic heterocycles. The second-order valence-electron chi connectivity index (χ2n) is 6.67. The lowest BCUT2D eigenvalue weighted by atomic mass is 10.0. The second-order valence-corrected chi connectivity index (χ2v) is 7.05. The monoisotopic (exact) mass is 352 g/mol. The quantitative estimate of drug-likeness (QED) is 0.686. The van der Waals surface area contributed by atoms with Crippen LogP contribution in [0.4, 0.5) is 5.69 Å². The van der Waals surface area contributed by atoms with E-state index in [9.17, 15) is 0 Å². The number of hydrogen-bond donors (Lipinski definition) is 2. The van der Waals surface area contributed by atoms with Crippen molar-refractivity contribution in [1.82, 2.24) is 14.9 Å². The summed E-state index contributed by atoms with van der Waals surface area (Å²) in [6.45, 7) is 7.03. The van der Waals surface area contributed by atoms with Crippen molar-refractivity contribution in [3.63, 3.8) is 0 Å². The number of nitrogens with one attached hydrogen (secondary N) is 2. The van der Waals surface area contributed by atoms with E-state index < -0.39 is 0 Å². The van der Waals surface area contributed by atoms with E-state index in [2.05, 4.69) is 59.5 Å². The Morgan fingerprint density at radius 3 is 2.48 bits per heavy atom. The number of nitrogens with zero attached hydrogens (tertiary/aromatic N) is 2. The maximum atomic E-state index is 5.56. The molecule has 25 heavy (non-hydrogen) atoms. The summed E-state index contributed by atoms with van der Waals surface area (Å²) in [5, 5.41) is 3.57. The number of aryl methyl sites for hydroxylation is 3. The number of H-pyrrole nitrogens is 1. The molecule has 0 radical (unpaired) electrons. The highest BCUT2D eigenvalue weighted by Gasteiger charge is 2.12. The predicted molar refractivity (Wildman–Crippen MR) is 109 cm³/mol. The van der Waals surface area contributed by atoms with Crippen LogP contribution in [-0.4, -0.2) is 34.0 Å². The van der Waals surface area contributed by atoms with Crippen molar-refractivity contribution in [2.24, 2.45) is 0 Å². The normalized spacial score (nSPS) is 10.9. The third-order valence-corrected chi connectivity index (χ3v) is 5.06. The van der Waals surface area contributed by atoms with Gasteiger partial charge in [0.1, 0.15) is 16.3 Å². The summed E-state index contributed by atoms with van der Waals surface area (Å²) in [5.74, 6) is 0.901. The summed E-state index contributed by atoms with van der Waals surface area (Å²) in [7, 11) is 3.93. The minimum absolute atomic E-state index is 0.762. The van der Waals surface area contributed by atoms with Crippen LogP contribution in [0.15, 0.2) is 30.3 Å². The first-order valence-electron chi connectivity index (χ1n) is 8.38. The first-order chi connectivity index (χ1) is 11.9. The van der Waals surface area contributed by atoms with E-state index >= 15 is 0 Å². The number of rotatable bonds is 4. The Morgan fingerprint density at radius 2 is 1.84 bits per heavy atom. The van der Waals surface area contributed by atoms with E-state index in [1.54, 1.807) is 0 Å². The van der Waals surface area contributed by atoms with Gasteiger partial charge in [0.25, 0.3) is 0 Å². The molecule has 3 rings (SSSR count). The molecule has 0 bridgehead atoms. The zero-order valence-electron chi connectivity index (χ0n) is 15.4. The van der Waals surface area contributed by atoms with Gasteiger partial charge in [-0.05, 0) is 49.6 Å². The highest BCUT2D eigenvalue weighted by Crippen LogP contribution is 2.26. The molecule has 0 saturated heterocycles. The van der Waals surface area contributed by atoms with Crippen molar-refractivity contribution >= 4 is 33.9 Å². The van der Waals surface area contributed by atoms with Gasteiger partial charge in [-0.25, -0.2) is 4.98 Å². The summed E-state index contributed by atoms with van der Waals surface area (Å²) in [4.78, 5) is 10.7. The predicted octanol–water partition coefficient (Wildman–Crippen LogP) is 4.34. The van der Waals surface area contributed by atoms with Gasteiger partial charge >= 0.3 is 0 Å². The van der Waals surface area contributed by atoms with Crippen molar-refractivity contribution in [2.75, 3.05) is 19.4 Å². The van der Waals surface area contributed by atoms with Crippen LogP contribution in [-0.2, 0) is 6.54 Å². The molecular weight excluding hydrogens is 328 g/mol. The number of thiocarbonyl (C=S) groups is 1. The molecular formula is C20H24N4S. The smallest absolute Gasteiger partial charge is 0.112 e. The maximum absolute atomic E-state index is 5.56. The van der Waals surface area contributed by atoms with Gasteiger partial charge in [-0.1, -0.05) is 30.4 Å². The molecule has 0 aliphatic carbocycles. The molecule has 0 saturated carbocycles. The van der Waals surface area contributed by atoms with Crippen molar-refractivity contribution in [2.45, 2.75) is 27.3 Å². The number of anilines is 1. The average Bonchev–Trinajstić information content (AvgIpc) is 2.93. The summed E-state index contributed by atoms with van der Waals surface area (Å²) in [5.41, 5.74) is 7.88. The zero-order valence-corrected chi connectivity index (χ0v) is 16.2. The Balaban J connectivity index is 2.01. The molecule has 2 N–H and O–H groups in total. The fourth-order valence-corrected chi connectivity index (χ4v) is 3.19. The van der Waals surface area contributed by atoms with Gasteiger partial charge in [0, 0.05) is 26.2 Å². The van der Waals surface area contributed by atoms with Crippen molar-refractivity contribution in [3.05, 3.63) is 58.4 Å². The minimum atomic E-state index is 0.762. The molecule has 0 spiro atoms. The van der Waals surface area contributed by atoms with Crippen LogP contribution < -0.4 is 5.32 Å². The number of imidazole rings is 1. The first kappa shape index (κ1) is 17.4. The lowest BCUT2D eigenvalue weighted by molar-refractivity contribution is 0.637. The SMILES string of the molecule is Cc1nc2c(NCc3c(C)cccc3C)cc(C(=S)N(C)C)cc2[nH]1. The van der Waals surface area contributed by atoms with Crippen molar-refractivity contribution in [3.8, 4) is 0 Å². The fourth-order valence-electron chi connectivity index (χ4n) is 3.07. The molecule has 0 amide bonds. The van der Waals surface area contributed by atoms with Crippen molar-refractivity contribution in [1.29, 1.82) is 0 Å². The maximum Gasteiger partial charge on any atom is 0.112 e. The molecule has 0 unspecified atom stereocenters. The van der Waals surface area contributed by atoms with Gasteiger partial charge in [-0.15, -0.1) is 0 Å².